The number of pyridine rings is 1. The molecule has 0 radical (unpaired) electrons. The van der Waals surface area contributed by atoms with Crippen LogP contribution in [-0.4, -0.2) is 41.6 Å². The Hall–Kier alpha value is -2.81. The summed E-state index contributed by atoms with van der Waals surface area (Å²) in [6, 6.07) is 5.43. The highest BCUT2D eigenvalue weighted by Crippen LogP contribution is 2.56. The molecule has 1 amide bonds. The van der Waals surface area contributed by atoms with Crippen LogP contribution in [0.1, 0.15) is 72.9 Å². The molecule has 3 fully saturated rings. The van der Waals surface area contributed by atoms with Crippen LogP contribution in [0.15, 0.2) is 35.3 Å². The highest BCUT2D eigenvalue weighted by molar-refractivity contribution is 5.99. The normalized spacial score (nSPS) is 20.2. The van der Waals surface area contributed by atoms with Crippen molar-refractivity contribution < 1.29 is 18.0 Å². The van der Waals surface area contributed by atoms with Gasteiger partial charge in [0.2, 0.25) is 0 Å². The van der Waals surface area contributed by atoms with Gasteiger partial charge >= 0.3 is 0 Å². The van der Waals surface area contributed by atoms with E-state index in [4.69, 9.17) is 0 Å². The minimum atomic E-state index is -2.93. The van der Waals surface area contributed by atoms with Gasteiger partial charge < -0.3 is 20.1 Å². The largest absolute Gasteiger partial charge is 0.381 e. The zero-order valence-corrected chi connectivity index (χ0v) is 20.5. The highest BCUT2D eigenvalue weighted by Gasteiger charge is 2.53. The molecule has 2 aromatic rings. The van der Waals surface area contributed by atoms with Gasteiger partial charge in [0.05, 0.1) is 22.4 Å². The Morgan fingerprint density at radius 3 is 2.50 bits per heavy atom. The summed E-state index contributed by atoms with van der Waals surface area (Å²) in [6.07, 6.45) is 5.68. The van der Waals surface area contributed by atoms with Crippen molar-refractivity contribution >= 4 is 11.6 Å². The zero-order chi connectivity index (χ0) is 25.4. The maximum atomic E-state index is 14.5. The van der Waals surface area contributed by atoms with Crippen LogP contribution in [-0.2, 0) is 12.1 Å². The minimum Gasteiger partial charge on any atom is -0.381 e. The summed E-state index contributed by atoms with van der Waals surface area (Å²) >= 11 is 0. The van der Waals surface area contributed by atoms with E-state index in [9.17, 15) is 22.8 Å². The molecule has 0 atom stereocenters. The second kappa shape index (κ2) is 9.92. The fourth-order valence-corrected chi connectivity index (χ4v) is 5.65. The van der Waals surface area contributed by atoms with Gasteiger partial charge in [-0.05, 0) is 64.6 Å². The van der Waals surface area contributed by atoms with Crippen molar-refractivity contribution in [1.29, 1.82) is 0 Å². The molecule has 0 bridgehead atoms. The van der Waals surface area contributed by atoms with Gasteiger partial charge in [0.25, 0.3) is 17.9 Å². The summed E-state index contributed by atoms with van der Waals surface area (Å²) in [7, 11) is 2.06. The molecule has 2 N–H and O–H groups in total. The van der Waals surface area contributed by atoms with E-state index in [0.29, 0.717) is 17.2 Å². The number of carbonyl (C=O) groups is 1. The van der Waals surface area contributed by atoms with Gasteiger partial charge in [-0.2, -0.15) is 0 Å². The Bertz CT molecular complexity index is 1180. The van der Waals surface area contributed by atoms with E-state index in [0.717, 1.165) is 64.1 Å². The number of hydrogen-bond donors (Lipinski definition) is 2. The number of nitrogens with one attached hydrogen (secondary N) is 2. The molecule has 6 nitrogen and oxygen atoms in total. The van der Waals surface area contributed by atoms with Crippen LogP contribution in [0.25, 0.3) is 0 Å². The fraction of sp³-hybridized carbons (Fsp3) is 0.556. The summed E-state index contributed by atoms with van der Waals surface area (Å²) in [6.45, 7) is 1.60. The Labute approximate surface area is 208 Å². The zero-order valence-electron chi connectivity index (χ0n) is 20.5. The number of piperidine rings is 1. The van der Waals surface area contributed by atoms with E-state index in [1.165, 1.54) is 18.2 Å². The maximum absolute atomic E-state index is 14.5. The number of carbonyl (C=O) groups excluding carboxylic acids is 1. The average molecular weight is 503 g/mol. The minimum absolute atomic E-state index is 0.00701. The number of hydrogen-bond acceptors (Lipinski definition) is 4. The number of halogens is 3. The average Bonchev–Trinajstić information content (AvgIpc) is 3.59. The third-order valence-electron chi connectivity index (χ3n) is 8.27. The number of aromatic nitrogens is 1. The van der Waals surface area contributed by atoms with Crippen LogP contribution in [0.4, 0.5) is 18.9 Å². The van der Waals surface area contributed by atoms with Crippen LogP contribution in [0.5, 0.6) is 0 Å². The lowest BCUT2D eigenvalue weighted by Crippen LogP contribution is -2.41. The van der Waals surface area contributed by atoms with Crippen molar-refractivity contribution in [2.75, 3.05) is 25.5 Å². The van der Waals surface area contributed by atoms with Gasteiger partial charge in [-0.15, -0.1) is 0 Å². The lowest BCUT2D eigenvalue weighted by Gasteiger charge is -2.36. The van der Waals surface area contributed by atoms with Gasteiger partial charge in [-0.25, -0.2) is 13.2 Å². The number of benzene rings is 1. The molecule has 36 heavy (non-hydrogen) atoms. The molecular formula is C27H33F3N4O2. The first-order valence-electron chi connectivity index (χ1n) is 12.8. The van der Waals surface area contributed by atoms with Crippen molar-refractivity contribution in [2.24, 2.45) is 5.92 Å². The maximum Gasteiger partial charge on any atom is 0.266 e. The second-order valence-corrected chi connectivity index (χ2v) is 10.6. The number of nitrogens with zero attached hydrogens (tertiary/aromatic N) is 2. The van der Waals surface area contributed by atoms with Crippen molar-refractivity contribution in [3.63, 3.8) is 0 Å². The summed E-state index contributed by atoms with van der Waals surface area (Å²) in [5, 5.41) is 6.10. The first kappa shape index (κ1) is 24.9. The third-order valence-corrected chi connectivity index (χ3v) is 8.27. The van der Waals surface area contributed by atoms with Crippen LogP contribution in [0, 0.1) is 11.7 Å². The third kappa shape index (κ3) is 4.77. The molecule has 1 aliphatic heterocycles. The van der Waals surface area contributed by atoms with E-state index in [2.05, 4.69) is 22.6 Å². The van der Waals surface area contributed by atoms with Crippen LogP contribution in [0.3, 0.4) is 0 Å². The van der Waals surface area contributed by atoms with E-state index < -0.39 is 23.7 Å². The number of amides is 1. The molecule has 0 spiro atoms. The SMILES string of the molecule is CN1CCC(Nc2cc(=O)n(C3(C4CCC4)CC3)cc2C(=O)NCc2cccc(C(F)F)c2F)CC1. The first-order chi connectivity index (χ1) is 17.3. The molecule has 2 saturated carbocycles. The van der Waals surface area contributed by atoms with Crippen LogP contribution < -0.4 is 16.2 Å². The van der Waals surface area contributed by atoms with Crippen molar-refractivity contribution in [2.45, 2.75) is 69.5 Å². The summed E-state index contributed by atoms with van der Waals surface area (Å²) < 4.78 is 42.5. The summed E-state index contributed by atoms with van der Waals surface area (Å²) in [4.78, 5) is 28.8. The molecule has 9 heteroatoms. The van der Waals surface area contributed by atoms with Crippen molar-refractivity contribution in [3.05, 3.63) is 63.3 Å². The Morgan fingerprint density at radius 1 is 1.17 bits per heavy atom. The lowest BCUT2D eigenvalue weighted by atomic mass is 9.77. The van der Waals surface area contributed by atoms with E-state index in [1.54, 1.807) is 10.8 Å². The van der Waals surface area contributed by atoms with E-state index >= 15 is 0 Å². The quantitative estimate of drug-likeness (QED) is 0.552. The van der Waals surface area contributed by atoms with Gasteiger partial charge in [-0.1, -0.05) is 24.6 Å². The van der Waals surface area contributed by atoms with Gasteiger partial charge in [0.15, 0.2) is 0 Å². The molecular weight excluding hydrogens is 469 g/mol. The second-order valence-electron chi connectivity index (χ2n) is 10.6. The van der Waals surface area contributed by atoms with Gasteiger partial charge in [-0.3, -0.25) is 9.59 Å². The smallest absolute Gasteiger partial charge is 0.266 e. The number of rotatable bonds is 8. The Balaban J connectivity index is 1.42. The molecule has 1 aromatic heterocycles. The lowest BCUT2D eigenvalue weighted by molar-refractivity contribution is 0.0949. The molecule has 0 unspecified atom stereocenters. The number of likely N-dealkylation sites (tertiary alicyclic amines) is 1. The molecule has 1 saturated heterocycles. The van der Waals surface area contributed by atoms with Crippen molar-refractivity contribution in [1.82, 2.24) is 14.8 Å². The predicted molar refractivity (Wildman–Crippen MR) is 132 cm³/mol. The van der Waals surface area contributed by atoms with Gasteiger partial charge in [0.1, 0.15) is 5.82 Å². The van der Waals surface area contributed by atoms with E-state index in [-0.39, 0.29) is 29.2 Å². The van der Waals surface area contributed by atoms with Crippen LogP contribution >= 0.6 is 0 Å². The molecule has 2 aliphatic carbocycles. The molecule has 5 rings (SSSR count). The fourth-order valence-electron chi connectivity index (χ4n) is 5.65. The summed E-state index contributed by atoms with van der Waals surface area (Å²) in [5.74, 6) is -1.03. The Morgan fingerprint density at radius 2 is 1.89 bits per heavy atom. The topological polar surface area (TPSA) is 66.4 Å². The van der Waals surface area contributed by atoms with Crippen LogP contribution in [0.2, 0.25) is 0 Å². The molecule has 2 heterocycles. The number of anilines is 1. The summed E-state index contributed by atoms with van der Waals surface area (Å²) in [5.41, 5.74) is -0.238. The first-order valence-corrected chi connectivity index (χ1v) is 12.8. The molecule has 1 aromatic carbocycles. The monoisotopic (exact) mass is 502 g/mol. The highest BCUT2D eigenvalue weighted by atomic mass is 19.3. The standard InChI is InChI=1S/C27H33F3N4O2/c1-33-12-8-19(9-13-33)32-22-14-23(35)34(27(10-11-27)18-5-3-6-18)16-21(22)26(36)31-15-17-4-2-7-20(24(17)28)25(29)30/h2,4,7,14,16,18-19,25,32H,3,5-6,8-13,15H2,1H3,(H,31,36). The van der Waals surface area contributed by atoms with Gasteiger partial charge in [0, 0.05) is 30.4 Å². The number of alkyl halides is 2. The molecule has 3 aliphatic rings. The Kier molecular flexibility index (Phi) is 6.85. The molecule has 194 valence electrons. The predicted octanol–water partition coefficient (Wildman–Crippen LogP) is 4.65. The van der Waals surface area contributed by atoms with E-state index in [1.807, 2.05) is 0 Å². The van der Waals surface area contributed by atoms with Crippen molar-refractivity contribution in [3.8, 4) is 0 Å².